The molecule has 0 bridgehead atoms. The summed E-state index contributed by atoms with van der Waals surface area (Å²) >= 11 is 0. The molecule has 6 heteroatoms. The molecule has 1 saturated heterocycles. The van der Waals surface area contributed by atoms with E-state index in [0.29, 0.717) is 6.54 Å². The van der Waals surface area contributed by atoms with Crippen LogP contribution in [-0.2, 0) is 26.4 Å². The average Bonchev–Trinajstić information content (AvgIpc) is 3.35. The largest absolute Gasteiger partial charge is 0.388 e. The fraction of sp³-hybridized carbons (Fsp3) is 0.286. The van der Waals surface area contributed by atoms with Crippen molar-refractivity contribution in [2.45, 2.75) is 56.1 Å². The lowest BCUT2D eigenvalue weighted by atomic mass is 9.80. The maximum atomic E-state index is 11.6. The number of ether oxygens (including phenoxy) is 3. The number of hydrogen-bond donors (Lipinski definition) is 2. The fourth-order valence-electron chi connectivity index (χ4n) is 5.51. The third kappa shape index (κ3) is 6.41. The molecule has 1 aliphatic heterocycles. The summed E-state index contributed by atoms with van der Waals surface area (Å²) in [7, 11) is 0. The first-order valence-corrected chi connectivity index (χ1v) is 13.9. The number of aliphatic hydroxyl groups is 1. The van der Waals surface area contributed by atoms with Crippen molar-refractivity contribution in [1.29, 1.82) is 5.26 Å². The minimum absolute atomic E-state index is 0.0594. The minimum atomic E-state index is -1.08. The van der Waals surface area contributed by atoms with E-state index >= 15 is 0 Å². The third-order valence-corrected chi connectivity index (χ3v) is 7.39. The monoisotopic (exact) mass is 548 g/mol. The Labute approximate surface area is 242 Å². The van der Waals surface area contributed by atoms with Crippen molar-refractivity contribution in [3.63, 3.8) is 0 Å². The number of rotatable bonds is 11. The van der Waals surface area contributed by atoms with Crippen molar-refractivity contribution >= 4 is 0 Å². The van der Waals surface area contributed by atoms with E-state index < -0.39 is 35.7 Å². The molecule has 0 aromatic heterocycles. The number of hydrogen-bond acceptors (Lipinski definition) is 6. The first kappa shape index (κ1) is 28.7. The Morgan fingerprint density at radius 3 is 1.68 bits per heavy atom. The van der Waals surface area contributed by atoms with E-state index in [1.807, 2.05) is 121 Å². The zero-order valence-electron chi connectivity index (χ0n) is 23.4. The van der Waals surface area contributed by atoms with Gasteiger partial charge in [0.25, 0.3) is 0 Å². The van der Waals surface area contributed by atoms with Gasteiger partial charge in [-0.2, -0.15) is 5.26 Å². The first-order chi connectivity index (χ1) is 19.9. The second-order valence-corrected chi connectivity index (χ2v) is 10.7. The lowest BCUT2D eigenvalue weighted by Gasteiger charge is -2.37. The topological polar surface area (TPSA) is 83.7 Å². The molecular formula is C35H36N2O4. The molecule has 5 rings (SSSR count). The summed E-state index contributed by atoms with van der Waals surface area (Å²) in [6.45, 7) is 4.01. The molecule has 1 heterocycles. The van der Waals surface area contributed by atoms with E-state index in [0.717, 1.165) is 22.3 Å². The van der Waals surface area contributed by atoms with Gasteiger partial charge in [-0.05, 0) is 36.1 Å². The van der Waals surface area contributed by atoms with Gasteiger partial charge in [-0.15, -0.1) is 0 Å². The Kier molecular flexibility index (Phi) is 8.94. The van der Waals surface area contributed by atoms with E-state index in [2.05, 4.69) is 11.4 Å². The lowest BCUT2D eigenvalue weighted by Crippen LogP contribution is -2.49. The van der Waals surface area contributed by atoms with Crippen LogP contribution in [0.5, 0.6) is 0 Å². The summed E-state index contributed by atoms with van der Waals surface area (Å²) < 4.78 is 19.2. The van der Waals surface area contributed by atoms with Gasteiger partial charge in [-0.25, -0.2) is 0 Å². The van der Waals surface area contributed by atoms with Crippen molar-refractivity contribution in [3.05, 3.63) is 144 Å². The molecule has 0 saturated carbocycles. The highest BCUT2D eigenvalue weighted by Gasteiger charge is 2.49. The van der Waals surface area contributed by atoms with Crippen LogP contribution in [0.3, 0.4) is 0 Å². The number of nitriles is 1. The normalized spacial score (nSPS) is 19.8. The third-order valence-electron chi connectivity index (χ3n) is 7.39. The summed E-state index contributed by atoms with van der Waals surface area (Å²) in [5.74, 6) is -0.977. The van der Waals surface area contributed by atoms with Crippen molar-refractivity contribution in [3.8, 4) is 6.07 Å². The molecule has 41 heavy (non-hydrogen) atoms. The standard InChI is InChI=1S/C35H36N2O4/c1-34(2)40-32(30(23-36)37-24-26-15-7-3-8-16-26)33(41-34)31(38)25-39-35(27-17-9-4-10-18-27,28-19-11-5-12-20-28)29-21-13-6-14-22-29/h3-22,30-33,37-38H,24-25H2,1-2H3/t30-,31-,32+,33-/m1/s1. The lowest BCUT2D eigenvalue weighted by molar-refractivity contribution is -0.162. The first-order valence-electron chi connectivity index (χ1n) is 13.9. The molecule has 0 aliphatic carbocycles. The van der Waals surface area contributed by atoms with Gasteiger partial charge in [0.15, 0.2) is 5.79 Å². The molecule has 4 atom stereocenters. The van der Waals surface area contributed by atoms with Gasteiger partial charge in [-0.3, -0.25) is 5.32 Å². The summed E-state index contributed by atoms with van der Waals surface area (Å²) in [5.41, 5.74) is 2.86. The van der Waals surface area contributed by atoms with Crippen molar-refractivity contribution in [2.24, 2.45) is 0 Å². The molecule has 0 spiro atoms. The predicted octanol–water partition coefficient (Wildman–Crippen LogP) is 5.56. The molecule has 4 aromatic carbocycles. The van der Waals surface area contributed by atoms with Gasteiger partial charge >= 0.3 is 0 Å². The Morgan fingerprint density at radius 2 is 1.22 bits per heavy atom. The van der Waals surface area contributed by atoms with Crippen LogP contribution >= 0.6 is 0 Å². The molecule has 0 radical (unpaired) electrons. The van der Waals surface area contributed by atoms with Crippen LogP contribution in [0, 0.1) is 11.3 Å². The van der Waals surface area contributed by atoms with Gasteiger partial charge in [0.1, 0.15) is 30.0 Å². The molecule has 1 fully saturated rings. The van der Waals surface area contributed by atoms with Gasteiger partial charge in [-0.1, -0.05) is 121 Å². The highest BCUT2D eigenvalue weighted by molar-refractivity contribution is 5.47. The van der Waals surface area contributed by atoms with E-state index in [1.54, 1.807) is 13.8 Å². The zero-order chi connectivity index (χ0) is 28.7. The van der Waals surface area contributed by atoms with Crippen LogP contribution in [-0.4, -0.2) is 41.9 Å². The summed E-state index contributed by atoms with van der Waals surface area (Å²) in [6, 6.07) is 41.5. The highest BCUT2D eigenvalue weighted by atomic mass is 16.8. The highest BCUT2D eigenvalue weighted by Crippen LogP contribution is 2.41. The van der Waals surface area contributed by atoms with E-state index in [9.17, 15) is 10.4 Å². The summed E-state index contributed by atoms with van der Waals surface area (Å²) in [5, 5.41) is 25.0. The molecule has 0 unspecified atom stereocenters. The van der Waals surface area contributed by atoms with Gasteiger partial charge < -0.3 is 19.3 Å². The number of nitrogens with zero attached hydrogens (tertiary/aromatic N) is 1. The van der Waals surface area contributed by atoms with Gasteiger partial charge in [0.2, 0.25) is 0 Å². The maximum absolute atomic E-state index is 11.6. The molecule has 6 nitrogen and oxygen atoms in total. The van der Waals surface area contributed by atoms with Crippen LogP contribution in [0.1, 0.15) is 36.1 Å². The second kappa shape index (κ2) is 12.8. The summed E-state index contributed by atoms with van der Waals surface area (Å²) in [4.78, 5) is 0. The fourth-order valence-corrected chi connectivity index (χ4v) is 5.51. The van der Waals surface area contributed by atoms with E-state index in [-0.39, 0.29) is 6.61 Å². The van der Waals surface area contributed by atoms with Crippen molar-refractivity contribution < 1.29 is 19.3 Å². The number of aliphatic hydroxyl groups excluding tert-OH is 1. The minimum Gasteiger partial charge on any atom is -0.388 e. The Morgan fingerprint density at radius 1 is 0.780 bits per heavy atom. The quantitative estimate of drug-likeness (QED) is 0.239. The Hall–Kier alpha value is -3.83. The molecule has 210 valence electrons. The smallest absolute Gasteiger partial charge is 0.164 e. The van der Waals surface area contributed by atoms with Gasteiger partial charge in [0.05, 0.1) is 12.7 Å². The number of nitrogens with one attached hydrogen (secondary N) is 1. The zero-order valence-corrected chi connectivity index (χ0v) is 23.4. The van der Waals surface area contributed by atoms with Gasteiger partial charge in [0, 0.05) is 6.54 Å². The average molecular weight is 549 g/mol. The van der Waals surface area contributed by atoms with Crippen LogP contribution in [0.4, 0.5) is 0 Å². The maximum Gasteiger partial charge on any atom is 0.164 e. The molecule has 2 N–H and O–H groups in total. The van der Waals surface area contributed by atoms with Crippen LogP contribution in [0.15, 0.2) is 121 Å². The van der Waals surface area contributed by atoms with Crippen molar-refractivity contribution in [1.82, 2.24) is 5.32 Å². The van der Waals surface area contributed by atoms with Crippen LogP contribution < -0.4 is 5.32 Å². The molecule has 1 aliphatic rings. The van der Waals surface area contributed by atoms with Crippen LogP contribution in [0.2, 0.25) is 0 Å². The summed E-state index contributed by atoms with van der Waals surface area (Å²) in [6.07, 6.45) is -2.58. The molecule has 0 amide bonds. The Balaban J connectivity index is 1.44. The SMILES string of the molecule is CC1(C)O[C@@H]([C@@H](C#N)NCc2ccccc2)[C@@H]([C@H](O)COC(c2ccccc2)(c2ccccc2)c2ccccc2)O1. The Bertz CT molecular complexity index is 1310. The number of benzene rings is 4. The van der Waals surface area contributed by atoms with Crippen LogP contribution in [0.25, 0.3) is 0 Å². The molecule has 4 aromatic rings. The molecular weight excluding hydrogens is 512 g/mol. The predicted molar refractivity (Wildman–Crippen MR) is 158 cm³/mol. The second-order valence-electron chi connectivity index (χ2n) is 10.7. The van der Waals surface area contributed by atoms with E-state index in [4.69, 9.17) is 14.2 Å². The van der Waals surface area contributed by atoms with Crippen molar-refractivity contribution in [2.75, 3.05) is 6.61 Å². The van der Waals surface area contributed by atoms with E-state index in [1.165, 1.54) is 0 Å².